The van der Waals surface area contributed by atoms with Crippen molar-refractivity contribution in [2.24, 2.45) is 0 Å². The molecule has 2 rings (SSSR count). The van der Waals surface area contributed by atoms with Crippen molar-refractivity contribution in [3.8, 4) is 0 Å². The Morgan fingerprint density at radius 2 is 2.46 bits per heavy atom. The van der Waals surface area contributed by atoms with Gasteiger partial charge < -0.3 is 0 Å². The van der Waals surface area contributed by atoms with Gasteiger partial charge in [0.05, 0.1) is 0 Å². The average Bonchev–Trinajstić information content (AvgIpc) is 2.49. The first-order chi connectivity index (χ1) is 6.25. The second-order valence-electron chi connectivity index (χ2n) is 2.98. The van der Waals surface area contributed by atoms with Crippen molar-refractivity contribution < 1.29 is 4.79 Å². The molecule has 0 aromatic carbocycles. The number of carbonyl (C=O) groups is 1. The zero-order chi connectivity index (χ0) is 9.26. The van der Waals surface area contributed by atoms with E-state index in [1.807, 2.05) is 12.1 Å². The van der Waals surface area contributed by atoms with Crippen LogP contribution >= 0.6 is 0 Å². The topological polar surface area (TPSA) is 47.3 Å². The van der Waals surface area contributed by atoms with Gasteiger partial charge in [-0.1, -0.05) is 0 Å². The monoisotopic (exact) mass is 175 g/mol. The SMILES string of the molecule is CC(=O)Cc1ccn2ncnc2c1. The summed E-state index contributed by atoms with van der Waals surface area (Å²) in [6.45, 7) is 1.58. The molecule has 0 bridgehead atoms. The van der Waals surface area contributed by atoms with Crippen molar-refractivity contribution in [2.75, 3.05) is 0 Å². The highest BCUT2D eigenvalue weighted by Crippen LogP contribution is 2.04. The summed E-state index contributed by atoms with van der Waals surface area (Å²) >= 11 is 0. The summed E-state index contributed by atoms with van der Waals surface area (Å²) in [4.78, 5) is 14.9. The minimum Gasteiger partial charge on any atom is -0.300 e. The maximum absolute atomic E-state index is 10.8. The van der Waals surface area contributed by atoms with Crippen LogP contribution < -0.4 is 0 Å². The molecular formula is C9H9N3O. The maximum atomic E-state index is 10.8. The fourth-order valence-corrected chi connectivity index (χ4v) is 1.25. The third kappa shape index (κ3) is 1.56. The van der Waals surface area contributed by atoms with E-state index < -0.39 is 0 Å². The summed E-state index contributed by atoms with van der Waals surface area (Å²) < 4.78 is 1.67. The number of hydrogen-bond acceptors (Lipinski definition) is 3. The lowest BCUT2D eigenvalue weighted by Crippen LogP contribution is -1.97. The Morgan fingerprint density at radius 3 is 3.23 bits per heavy atom. The smallest absolute Gasteiger partial charge is 0.155 e. The molecule has 2 aromatic heterocycles. The van der Waals surface area contributed by atoms with E-state index in [0.717, 1.165) is 11.2 Å². The molecule has 0 aliphatic carbocycles. The number of rotatable bonds is 2. The van der Waals surface area contributed by atoms with E-state index in [9.17, 15) is 4.79 Å². The molecule has 0 atom stereocenters. The fourth-order valence-electron chi connectivity index (χ4n) is 1.25. The van der Waals surface area contributed by atoms with Gasteiger partial charge in [-0.2, -0.15) is 5.10 Å². The molecule has 0 saturated heterocycles. The number of fused-ring (bicyclic) bond motifs is 1. The number of nitrogens with zero attached hydrogens (tertiary/aromatic N) is 3. The minimum atomic E-state index is 0.156. The van der Waals surface area contributed by atoms with Crippen molar-refractivity contribution in [2.45, 2.75) is 13.3 Å². The third-order valence-corrected chi connectivity index (χ3v) is 1.80. The van der Waals surface area contributed by atoms with Crippen molar-refractivity contribution in [3.05, 3.63) is 30.2 Å². The minimum absolute atomic E-state index is 0.156. The average molecular weight is 175 g/mol. The second kappa shape index (κ2) is 2.97. The molecule has 66 valence electrons. The predicted molar refractivity (Wildman–Crippen MR) is 47.4 cm³/mol. The molecule has 0 radical (unpaired) electrons. The predicted octanol–water partition coefficient (Wildman–Crippen LogP) is 0.861. The van der Waals surface area contributed by atoms with Crippen molar-refractivity contribution in [1.82, 2.24) is 14.6 Å². The van der Waals surface area contributed by atoms with Crippen molar-refractivity contribution in [3.63, 3.8) is 0 Å². The van der Waals surface area contributed by atoms with Gasteiger partial charge >= 0.3 is 0 Å². The van der Waals surface area contributed by atoms with E-state index in [-0.39, 0.29) is 5.78 Å². The molecule has 0 N–H and O–H groups in total. The zero-order valence-electron chi connectivity index (χ0n) is 7.27. The Kier molecular flexibility index (Phi) is 1.81. The van der Waals surface area contributed by atoms with Gasteiger partial charge in [0.2, 0.25) is 0 Å². The van der Waals surface area contributed by atoms with Crippen LogP contribution in [0.4, 0.5) is 0 Å². The molecule has 4 heteroatoms. The summed E-state index contributed by atoms with van der Waals surface area (Å²) in [5, 5.41) is 3.96. The van der Waals surface area contributed by atoms with Crippen LogP contribution in [-0.2, 0) is 11.2 Å². The normalized spacial score (nSPS) is 10.5. The standard InChI is InChI=1S/C9H9N3O/c1-7(13)4-8-2-3-12-9(5-8)10-6-11-12/h2-3,5-6H,4H2,1H3. The molecule has 0 unspecified atom stereocenters. The molecular weight excluding hydrogens is 166 g/mol. The summed E-state index contributed by atoms with van der Waals surface area (Å²) in [5.41, 5.74) is 1.76. The number of hydrogen-bond donors (Lipinski definition) is 0. The number of Topliss-reactive ketones (excluding diaryl/α,β-unsaturated/α-hetero) is 1. The van der Waals surface area contributed by atoms with Crippen LogP contribution in [0.15, 0.2) is 24.7 Å². The number of carbonyl (C=O) groups excluding carboxylic acids is 1. The highest BCUT2D eigenvalue weighted by molar-refractivity contribution is 5.78. The van der Waals surface area contributed by atoms with Crippen LogP contribution in [0, 0.1) is 0 Å². The first-order valence-electron chi connectivity index (χ1n) is 4.03. The van der Waals surface area contributed by atoms with Gasteiger partial charge in [-0.3, -0.25) is 4.79 Å². The Hall–Kier alpha value is -1.71. The summed E-state index contributed by atoms with van der Waals surface area (Å²) in [7, 11) is 0. The molecule has 0 fully saturated rings. The van der Waals surface area contributed by atoms with Gasteiger partial charge in [-0.15, -0.1) is 0 Å². The van der Waals surface area contributed by atoms with Gasteiger partial charge in [0.15, 0.2) is 5.65 Å². The van der Waals surface area contributed by atoms with Gasteiger partial charge in [0.25, 0.3) is 0 Å². The Morgan fingerprint density at radius 1 is 1.62 bits per heavy atom. The lowest BCUT2D eigenvalue weighted by Gasteiger charge is -1.97. The number of aromatic nitrogens is 3. The summed E-state index contributed by atoms with van der Waals surface area (Å²) in [6, 6.07) is 3.75. The van der Waals surface area contributed by atoms with Crippen LogP contribution in [-0.4, -0.2) is 20.4 Å². The quantitative estimate of drug-likeness (QED) is 0.680. The van der Waals surface area contributed by atoms with Crippen LogP contribution in [0.3, 0.4) is 0 Å². The molecule has 2 heterocycles. The summed E-state index contributed by atoms with van der Waals surface area (Å²) in [5.74, 6) is 0.156. The van der Waals surface area contributed by atoms with E-state index in [2.05, 4.69) is 10.1 Å². The zero-order valence-corrected chi connectivity index (χ0v) is 7.27. The number of ketones is 1. The molecule has 4 nitrogen and oxygen atoms in total. The molecule has 0 aliphatic heterocycles. The largest absolute Gasteiger partial charge is 0.300 e. The lowest BCUT2D eigenvalue weighted by molar-refractivity contribution is -0.116. The molecule has 0 aliphatic rings. The fraction of sp³-hybridized carbons (Fsp3) is 0.222. The number of pyridine rings is 1. The summed E-state index contributed by atoms with van der Waals surface area (Å²) in [6.07, 6.45) is 3.76. The van der Waals surface area contributed by atoms with Crippen molar-refractivity contribution >= 4 is 11.4 Å². The van der Waals surface area contributed by atoms with E-state index >= 15 is 0 Å². The maximum Gasteiger partial charge on any atom is 0.155 e. The third-order valence-electron chi connectivity index (χ3n) is 1.80. The van der Waals surface area contributed by atoms with E-state index in [1.165, 1.54) is 6.33 Å². The molecule has 0 saturated carbocycles. The first-order valence-corrected chi connectivity index (χ1v) is 4.03. The van der Waals surface area contributed by atoms with Crippen LogP contribution in [0.2, 0.25) is 0 Å². The molecule has 0 amide bonds. The lowest BCUT2D eigenvalue weighted by atomic mass is 10.1. The highest BCUT2D eigenvalue weighted by atomic mass is 16.1. The molecule has 0 spiro atoms. The highest BCUT2D eigenvalue weighted by Gasteiger charge is 2.00. The van der Waals surface area contributed by atoms with Gasteiger partial charge in [-0.25, -0.2) is 9.50 Å². The van der Waals surface area contributed by atoms with Crippen LogP contribution in [0.25, 0.3) is 5.65 Å². The van der Waals surface area contributed by atoms with Crippen molar-refractivity contribution in [1.29, 1.82) is 0 Å². The Balaban J connectivity index is 2.42. The first kappa shape index (κ1) is 7.91. The van der Waals surface area contributed by atoms with E-state index in [4.69, 9.17) is 0 Å². The van der Waals surface area contributed by atoms with E-state index in [0.29, 0.717) is 6.42 Å². The second-order valence-corrected chi connectivity index (χ2v) is 2.98. The Bertz CT molecular complexity index is 447. The van der Waals surface area contributed by atoms with E-state index in [1.54, 1.807) is 17.6 Å². The molecule has 2 aromatic rings. The van der Waals surface area contributed by atoms with Gasteiger partial charge in [0, 0.05) is 12.6 Å². The van der Waals surface area contributed by atoms with Gasteiger partial charge in [0.1, 0.15) is 12.1 Å². The van der Waals surface area contributed by atoms with Crippen LogP contribution in [0.1, 0.15) is 12.5 Å². The van der Waals surface area contributed by atoms with Crippen LogP contribution in [0.5, 0.6) is 0 Å². The van der Waals surface area contributed by atoms with Gasteiger partial charge in [-0.05, 0) is 24.6 Å². The Labute approximate surface area is 75.2 Å². The molecule has 13 heavy (non-hydrogen) atoms.